The van der Waals surface area contributed by atoms with E-state index in [1.807, 2.05) is 13.8 Å². The Morgan fingerprint density at radius 2 is 1.41 bits per heavy atom. The van der Waals surface area contributed by atoms with Gasteiger partial charge in [-0.05, 0) is 40.5 Å². The molecule has 13 heteroatoms. The maximum atomic E-state index is 14.3. The summed E-state index contributed by atoms with van der Waals surface area (Å²) < 4.78 is 74.2. The van der Waals surface area contributed by atoms with E-state index >= 15 is 0 Å². The lowest BCUT2D eigenvalue weighted by Crippen LogP contribution is -2.46. The molecule has 1 unspecified atom stereocenters. The molecule has 0 aliphatic carbocycles. The average molecular weight is 532 g/mol. The van der Waals surface area contributed by atoms with Gasteiger partial charge >= 0.3 is 15.3 Å². The number of ether oxygens (including phenoxy) is 4. The van der Waals surface area contributed by atoms with Crippen LogP contribution in [0, 0.1) is 0 Å². The van der Waals surface area contributed by atoms with Crippen molar-refractivity contribution in [2.75, 3.05) is 33.5 Å². The van der Waals surface area contributed by atoms with Gasteiger partial charge < -0.3 is 28.0 Å². The van der Waals surface area contributed by atoms with E-state index in [4.69, 9.17) is 37.0 Å². The Morgan fingerprint density at radius 3 is 1.88 bits per heavy atom. The summed E-state index contributed by atoms with van der Waals surface area (Å²) in [6.07, 6.45) is 0.00965. The molecule has 0 spiro atoms. The maximum absolute atomic E-state index is 14.3. The summed E-state index contributed by atoms with van der Waals surface area (Å²) in [7, 11) is -6.38. The fourth-order valence-electron chi connectivity index (χ4n) is 3.84. The van der Waals surface area contributed by atoms with Gasteiger partial charge in [0, 0.05) is 7.11 Å². The first kappa shape index (κ1) is 30.3. The second kappa shape index (κ2) is 13.6. The molecule has 11 nitrogen and oxygen atoms in total. The smallest absolute Gasteiger partial charge is 0.353 e. The third kappa shape index (κ3) is 7.80. The van der Waals surface area contributed by atoms with Crippen LogP contribution in [0.3, 0.4) is 0 Å². The molecule has 34 heavy (non-hydrogen) atoms. The summed E-state index contributed by atoms with van der Waals surface area (Å²) in [5, 5.41) is 2.84. The largest absolute Gasteiger partial charge is 0.406 e. The van der Waals surface area contributed by atoms with Gasteiger partial charge in [-0.1, -0.05) is 26.7 Å². The number of unbranched alkanes of at least 4 members (excludes halogenated alkanes) is 2. The van der Waals surface area contributed by atoms with Gasteiger partial charge in [-0.15, -0.1) is 0 Å². The topological polar surface area (TPSA) is 120 Å². The van der Waals surface area contributed by atoms with Crippen molar-refractivity contribution in [1.29, 1.82) is 0 Å². The summed E-state index contributed by atoms with van der Waals surface area (Å²) in [5.41, 5.74) is 0. The molecular weight excluding hydrogens is 488 g/mol. The molecule has 202 valence electrons. The summed E-state index contributed by atoms with van der Waals surface area (Å²) in [5.74, 6) is -2.14. The molecule has 0 radical (unpaired) electrons. The molecule has 2 fully saturated rings. The number of hydrogen-bond acceptors (Lipinski definition) is 10. The molecule has 2 saturated heterocycles. The molecule has 1 N–H and O–H groups in total. The lowest BCUT2D eigenvalue weighted by atomic mass is 10.1. The van der Waals surface area contributed by atoms with Crippen molar-refractivity contribution in [2.45, 2.75) is 103 Å². The minimum Gasteiger partial charge on any atom is -0.353 e. The van der Waals surface area contributed by atoms with E-state index < -0.39 is 51.5 Å². The van der Waals surface area contributed by atoms with Gasteiger partial charge in [0.2, 0.25) is 0 Å². The highest BCUT2D eigenvalue weighted by Crippen LogP contribution is 2.60. The third-order valence-electron chi connectivity index (χ3n) is 5.36. The summed E-state index contributed by atoms with van der Waals surface area (Å²) in [6.45, 7) is 11.6. The molecule has 0 saturated carbocycles. The fourth-order valence-corrected chi connectivity index (χ4v) is 7.97. The van der Waals surface area contributed by atoms with Gasteiger partial charge in [-0.3, -0.25) is 13.6 Å². The standard InChI is InChI=1S/C21H43NO10P2/c1-8-12-14-28-33(23,29-15-13-9-2)19(22-34(24,26-10-3)27-11-4)17-16-18(20(25-7)30-17)32-21(5,6)31-16/h16-20H,8-15H2,1-7H3,(H,22,24)/t16-,17+,18-,19?,20-/m1/s1. The number of hydrogen-bond donors (Lipinski definition) is 1. The number of nitrogens with one attached hydrogen (secondary N) is 1. The van der Waals surface area contributed by atoms with Gasteiger partial charge in [-0.25, -0.2) is 9.65 Å². The van der Waals surface area contributed by atoms with Crippen molar-refractivity contribution >= 4 is 15.3 Å². The highest BCUT2D eigenvalue weighted by molar-refractivity contribution is 7.57. The van der Waals surface area contributed by atoms with Crippen molar-refractivity contribution in [1.82, 2.24) is 5.09 Å². The van der Waals surface area contributed by atoms with E-state index in [-0.39, 0.29) is 26.4 Å². The van der Waals surface area contributed by atoms with E-state index in [0.717, 1.165) is 12.8 Å². The van der Waals surface area contributed by atoms with Crippen LogP contribution in [0.15, 0.2) is 0 Å². The van der Waals surface area contributed by atoms with Crippen LogP contribution < -0.4 is 5.09 Å². The van der Waals surface area contributed by atoms with Crippen LogP contribution >= 0.6 is 15.3 Å². The van der Waals surface area contributed by atoms with Crippen LogP contribution in [0.4, 0.5) is 0 Å². The zero-order valence-electron chi connectivity index (χ0n) is 21.5. The van der Waals surface area contributed by atoms with Crippen molar-refractivity contribution in [3.63, 3.8) is 0 Å². The van der Waals surface area contributed by atoms with E-state index in [2.05, 4.69) is 5.09 Å². The summed E-state index contributed by atoms with van der Waals surface area (Å²) in [4.78, 5) is 0. The van der Waals surface area contributed by atoms with Gasteiger partial charge in [0.05, 0.1) is 26.4 Å². The predicted octanol–water partition coefficient (Wildman–Crippen LogP) is 4.80. The Morgan fingerprint density at radius 1 is 0.882 bits per heavy atom. The average Bonchev–Trinajstić information content (AvgIpc) is 3.25. The minimum atomic E-state index is -3.97. The van der Waals surface area contributed by atoms with Gasteiger partial charge in [-0.2, -0.15) is 0 Å². The van der Waals surface area contributed by atoms with Crippen LogP contribution in [0.2, 0.25) is 0 Å². The van der Waals surface area contributed by atoms with Crippen LogP contribution in [0.1, 0.15) is 67.2 Å². The molecule has 2 rings (SSSR count). The summed E-state index contributed by atoms with van der Waals surface area (Å²) in [6, 6.07) is 0. The number of methoxy groups -OCH3 is 1. The monoisotopic (exact) mass is 531 g/mol. The van der Waals surface area contributed by atoms with E-state index in [9.17, 15) is 9.13 Å². The Hall–Kier alpha value is 0.100. The van der Waals surface area contributed by atoms with Crippen LogP contribution in [0.5, 0.6) is 0 Å². The molecule has 0 aromatic heterocycles. The van der Waals surface area contributed by atoms with E-state index in [1.54, 1.807) is 27.7 Å². The second-order valence-corrected chi connectivity index (χ2v) is 12.5. The third-order valence-corrected chi connectivity index (χ3v) is 9.54. The van der Waals surface area contributed by atoms with Crippen LogP contribution in [0.25, 0.3) is 0 Å². The molecule has 0 aromatic carbocycles. The fraction of sp³-hybridized carbons (Fsp3) is 1.00. The van der Waals surface area contributed by atoms with Gasteiger partial charge in [0.25, 0.3) is 0 Å². The minimum absolute atomic E-state index is 0.111. The zero-order valence-corrected chi connectivity index (χ0v) is 23.3. The lowest BCUT2D eigenvalue weighted by molar-refractivity contribution is -0.227. The Labute approximate surface area is 203 Å². The summed E-state index contributed by atoms with van der Waals surface area (Å²) >= 11 is 0. The van der Waals surface area contributed by atoms with Gasteiger partial charge in [0.1, 0.15) is 24.1 Å². The Kier molecular flexibility index (Phi) is 12.1. The molecular formula is C21H43NO10P2. The SMILES string of the molecule is CCCCOP(=O)(OCCCC)C(NP(=O)(OCC)OCC)[C@H]1O[C@@H](OC)[C@@H]2OC(C)(C)O[C@@H]21. The van der Waals surface area contributed by atoms with Gasteiger partial charge in [0.15, 0.2) is 12.1 Å². The van der Waals surface area contributed by atoms with E-state index in [1.165, 1.54) is 7.11 Å². The Bertz CT molecular complexity index is 685. The van der Waals surface area contributed by atoms with Crippen molar-refractivity contribution in [3.05, 3.63) is 0 Å². The highest BCUT2D eigenvalue weighted by Gasteiger charge is 2.62. The van der Waals surface area contributed by atoms with E-state index in [0.29, 0.717) is 12.8 Å². The molecule has 2 aliphatic heterocycles. The normalized spacial score (nSPS) is 27.7. The van der Waals surface area contributed by atoms with Crippen LogP contribution in [-0.4, -0.2) is 69.7 Å². The van der Waals surface area contributed by atoms with Crippen molar-refractivity contribution < 1.29 is 46.2 Å². The molecule has 0 amide bonds. The second-order valence-electron chi connectivity index (χ2n) is 8.59. The van der Waals surface area contributed by atoms with Crippen LogP contribution in [-0.2, 0) is 46.2 Å². The molecule has 2 heterocycles. The quantitative estimate of drug-likeness (QED) is 0.206. The Balaban J connectivity index is 2.48. The molecule has 0 bridgehead atoms. The highest BCUT2D eigenvalue weighted by atomic mass is 31.2. The number of fused-ring (bicyclic) bond motifs is 1. The lowest BCUT2D eigenvalue weighted by Gasteiger charge is -2.35. The maximum Gasteiger partial charge on any atom is 0.406 e. The first-order valence-corrected chi connectivity index (χ1v) is 15.3. The zero-order chi connectivity index (χ0) is 25.4. The first-order valence-electron chi connectivity index (χ1n) is 12.2. The number of rotatable bonds is 17. The molecule has 0 aromatic rings. The van der Waals surface area contributed by atoms with Crippen molar-refractivity contribution in [3.8, 4) is 0 Å². The molecule has 5 atom stereocenters. The molecule has 2 aliphatic rings. The first-order chi connectivity index (χ1) is 16.1. The predicted molar refractivity (Wildman–Crippen MR) is 127 cm³/mol. The van der Waals surface area contributed by atoms with Crippen molar-refractivity contribution in [2.24, 2.45) is 0 Å².